The summed E-state index contributed by atoms with van der Waals surface area (Å²) in [5, 5.41) is 10.3. The monoisotopic (exact) mass is 376 g/mol. The summed E-state index contributed by atoms with van der Waals surface area (Å²) in [6.07, 6.45) is 1.37. The predicted octanol–water partition coefficient (Wildman–Crippen LogP) is 3.51. The third-order valence-electron chi connectivity index (χ3n) is 3.49. The quantitative estimate of drug-likeness (QED) is 0.593. The molecule has 26 heavy (non-hydrogen) atoms. The highest BCUT2D eigenvalue weighted by Gasteiger charge is 2.14. The molecular formula is C16H17ClN6O3. The summed E-state index contributed by atoms with van der Waals surface area (Å²) in [5.41, 5.74) is 7.03. The number of rotatable bonds is 6. The van der Waals surface area contributed by atoms with Gasteiger partial charge in [0.05, 0.1) is 24.9 Å². The van der Waals surface area contributed by atoms with Crippen molar-refractivity contribution in [1.82, 2.24) is 15.1 Å². The molecule has 9 nitrogen and oxygen atoms in total. The van der Waals surface area contributed by atoms with Gasteiger partial charge in [0.25, 0.3) is 0 Å². The zero-order chi connectivity index (χ0) is 18.7. The highest BCUT2D eigenvalue weighted by Crippen LogP contribution is 2.38. The van der Waals surface area contributed by atoms with E-state index in [-0.39, 0.29) is 0 Å². The molecule has 0 radical (unpaired) electrons. The number of nitrogen functional groups attached to an aromatic ring is 1. The molecule has 0 saturated heterocycles. The van der Waals surface area contributed by atoms with Crippen molar-refractivity contribution in [3.8, 4) is 11.5 Å². The summed E-state index contributed by atoms with van der Waals surface area (Å²) in [7, 11) is 3.07. The molecule has 0 fully saturated rings. The Hall–Kier alpha value is -3.20. The molecule has 0 atom stereocenters. The fourth-order valence-electron chi connectivity index (χ4n) is 2.23. The van der Waals surface area contributed by atoms with E-state index in [0.717, 1.165) is 0 Å². The van der Waals surface area contributed by atoms with Gasteiger partial charge < -0.3 is 30.4 Å². The Labute approximate surface area is 154 Å². The highest BCUT2D eigenvalue weighted by molar-refractivity contribution is 6.32. The molecule has 2 aromatic heterocycles. The van der Waals surface area contributed by atoms with Crippen LogP contribution in [0.5, 0.6) is 11.5 Å². The first-order valence-corrected chi connectivity index (χ1v) is 7.89. The first kappa shape index (κ1) is 17.6. The van der Waals surface area contributed by atoms with Crippen molar-refractivity contribution in [2.45, 2.75) is 6.92 Å². The van der Waals surface area contributed by atoms with E-state index in [1.165, 1.54) is 20.5 Å². The van der Waals surface area contributed by atoms with Crippen LogP contribution >= 0.6 is 11.6 Å². The number of methoxy groups -OCH3 is 2. The van der Waals surface area contributed by atoms with Crippen LogP contribution in [0.3, 0.4) is 0 Å². The number of nitrogens with one attached hydrogen (secondary N) is 2. The van der Waals surface area contributed by atoms with Crippen LogP contribution in [0, 0.1) is 6.92 Å². The predicted molar refractivity (Wildman–Crippen MR) is 98.8 cm³/mol. The van der Waals surface area contributed by atoms with Crippen molar-refractivity contribution in [3.63, 3.8) is 0 Å². The molecule has 0 aliphatic rings. The molecule has 0 unspecified atom stereocenters. The van der Waals surface area contributed by atoms with Crippen molar-refractivity contribution in [1.29, 1.82) is 0 Å². The summed E-state index contributed by atoms with van der Waals surface area (Å²) in [6, 6.07) is 5.05. The van der Waals surface area contributed by atoms with Crippen LogP contribution in [0.25, 0.3) is 0 Å². The number of hydrogen-bond donors (Lipinski definition) is 3. The van der Waals surface area contributed by atoms with Crippen molar-refractivity contribution in [2.24, 2.45) is 0 Å². The number of hydrogen-bond acceptors (Lipinski definition) is 9. The normalized spacial score (nSPS) is 10.5. The van der Waals surface area contributed by atoms with Gasteiger partial charge in [-0.2, -0.15) is 0 Å². The Kier molecular flexibility index (Phi) is 4.99. The number of halogens is 1. The lowest BCUT2D eigenvalue weighted by Gasteiger charge is -2.15. The standard InChI is InChI=1S/C16H17ClN6O3/c1-8-4-13(23-26-8)22-16-14(18)15(19-7-20-16)21-10-5-9(17)11(24-2)6-12(10)25-3/h4-7H,18H2,1-3H3,(H2,19,20,21,22,23). The van der Waals surface area contributed by atoms with Gasteiger partial charge in [0.2, 0.25) is 0 Å². The summed E-state index contributed by atoms with van der Waals surface area (Å²) < 4.78 is 15.6. The first-order valence-electron chi connectivity index (χ1n) is 7.51. The summed E-state index contributed by atoms with van der Waals surface area (Å²) >= 11 is 6.19. The topological polar surface area (TPSA) is 120 Å². The fourth-order valence-corrected chi connectivity index (χ4v) is 2.47. The zero-order valence-corrected chi connectivity index (χ0v) is 15.1. The van der Waals surface area contributed by atoms with Crippen molar-refractivity contribution in [3.05, 3.63) is 35.3 Å². The van der Waals surface area contributed by atoms with E-state index in [0.29, 0.717) is 51.1 Å². The average molecular weight is 377 g/mol. The molecule has 4 N–H and O–H groups in total. The average Bonchev–Trinajstić information content (AvgIpc) is 3.03. The minimum absolute atomic E-state index is 0.294. The minimum Gasteiger partial charge on any atom is -0.495 e. The minimum atomic E-state index is 0.294. The summed E-state index contributed by atoms with van der Waals surface area (Å²) in [6.45, 7) is 1.79. The maximum absolute atomic E-state index is 6.19. The van der Waals surface area contributed by atoms with Crippen molar-refractivity contribution in [2.75, 3.05) is 30.6 Å². The van der Waals surface area contributed by atoms with Crippen LogP contribution in [0.2, 0.25) is 5.02 Å². The van der Waals surface area contributed by atoms with E-state index in [4.69, 9.17) is 31.3 Å². The van der Waals surface area contributed by atoms with Crippen molar-refractivity contribution < 1.29 is 14.0 Å². The van der Waals surface area contributed by atoms with Gasteiger partial charge in [-0.1, -0.05) is 16.8 Å². The number of aromatic nitrogens is 3. The third kappa shape index (κ3) is 3.57. The molecule has 136 valence electrons. The second-order valence-electron chi connectivity index (χ2n) is 5.24. The van der Waals surface area contributed by atoms with Gasteiger partial charge in [-0.25, -0.2) is 9.97 Å². The Morgan fingerprint density at radius 3 is 2.35 bits per heavy atom. The molecule has 3 rings (SSSR count). The molecule has 3 aromatic rings. The molecule has 10 heteroatoms. The number of ether oxygens (including phenoxy) is 2. The van der Waals surface area contributed by atoms with E-state index in [2.05, 4.69) is 25.8 Å². The molecular weight excluding hydrogens is 360 g/mol. The van der Waals surface area contributed by atoms with Crippen LogP contribution in [0.1, 0.15) is 5.76 Å². The van der Waals surface area contributed by atoms with Gasteiger partial charge in [0, 0.05) is 12.1 Å². The van der Waals surface area contributed by atoms with Crippen LogP contribution in [-0.4, -0.2) is 29.3 Å². The molecule has 0 aliphatic heterocycles. The largest absolute Gasteiger partial charge is 0.495 e. The van der Waals surface area contributed by atoms with E-state index in [1.54, 1.807) is 25.1 Å². The number of anilines is 5. The Balaban J connectivity index is 1.91. The lowest BCUT2D eigenvalue weighted by Crippen LogP contribution is -2.06. The van der Waals surface area contributed by atoms with Gasteiger partial charge in [-0.3, -0.25) is 0 Å². The van der Waals surface area contributed by atoms with Crippen LogP contribution in [0.4, 0.5) is 28.8 Å². The molecule has 0 spiro atoms. The Morgan fingerprint density at radius 2 is 1.73 bits per heavy atom. The smallest absolute Gasteiger partial charge is 0.175 e. The first-order chi connectivity index (χ1) is 12.5. The lowest BCUT2D eigenvalue weighted by atomic mass is 10.2. The van der Waals surface area contributed by atoms with E-state index in [1.807, 2.05) is 0 Å². The number of aryl methyl sites for hydroxylation is 1. The molecule has 2 heterocycles. The fraction of sp³-hybridized carbons (Fsp3) is 0.188. The van der Waals surface area contributed by atoms with Crippen molar-refractivity contribution >= 4 is 40.4 Å². The van der Waals surface area contributed by atoms with Gasteiger partial charge in [-0.15, -0.1) is 0 Å². The number of benzene rings is 1. The second kappa shape index (κ2) is 7.36. The summed E-state index contributed by atoms with van der Waals surface area (Å²) in [5.74, 6) is 2.93. The molecule has 0 aliphatic carbocycles. The SMILES string of the molecule is COc1cc(OC)c(Nc2ncnc(Nc3cc(C)on3)c2N)cc1Cl. The number of nitrogens with two attached hydrogens (primary N) is 1. The van der Waals surface area contributed by atoms with Crippen LogP contribution < -0.4 is 25.8 Å². The van der Waals surface area contributed by atoms with Gasteiger partial charge >= 0.3 is 0 Å². The maximum Gasteiger partial charge on any atom is 0.175 e. The lowest BCUT2D eigenvalue weighted by molar-refractivity contribution is 0.396. The van der Waals surface area contributed by atoms with E-state index in [9.17, 15) is 0 Å². The number of nitrogens with zero attached hydrogens (tertiary/aromatic N) is 3. The highest BCUT2D eigenvalue weighted by atomic mass is 35.5. The van der Waals surface area contributed by atoms with Gasteiger partial charge in [-0.05, 0) is 13.0 Å². The van der Waals surface area contributed by atoms with E-state index < -0.39 is 0 Å². The Bertz CT molecular complexity index is 930. The zero-order valence-electron chi connectivity index (χ0n) is 14.3. The van der Waals surface area contributed by atoms with Crippen LogP contribution in [-0.2, 0) is 0 Å². The molecule has 1 aromatic carbocycles. The molecule has 0 amide bonds. The second-order valence-corrected chi connectivity index (χ2v) is 5.65. The summed E-state index contributed by atoms with van der Waals surface area (Å²) in [4.78, 5) is 8.29. The van der Waals surface area contributed by atoms with E-state index >= 15 is 0 Å². The van der Waals surface area contributed by atoms with Gasteiger partial charge in [0.1, 0.15) is 29.3 Å². The Morgan fingerprint density at radius 1 is 1.04 bits per heavy atom. The van der Waals surface area contributed by atoms with Gasteiger partial charge in [0.15, 0.2) is 17.5 Å². The molecule has 0 saturated carbocycles. The maximum atomic E-state index is 6.19. The third-order valence-corrected chi connectivity index (χ3v) is 3.78. The molecule has 0 bridgehead atoms. The van der Waals surface area contributed by atoms with Crippen LogP contribution in [0.15, 0.2) is 29.0 Å².